The largest absolute Gasteiger partial charge is 0.378 e. The zero-order valence-electron chi connectivity index (χ0n) is 6.58. The van der Waals surface area contributed by atoms with Crippen LogP contribution in [0.1, 0.15) is 0 Å². The lowest BCUT2D eigenvalue weighted by Crippen LogP contribution is -2.69. The summed E-state index contributed by atoms with van der Waals surface area (Å²) in [7, 11) is -2.73. The van der Waals surface area contributed by atoms with Gasteiger partial charge in [0.1, 0.15) is 0 Å². The van der Waals surface area contributed by atoms with Crippen molar-refractivity contribution in [1.29, 1.82) is 0 Å². The Morgan fingerprint density at radius 3 is 2.42 bits per heavy atom. The van der Waals surface area contributed by atoms with E-state index in [0.29, 0.717) is 13.2 Å². The highest BCUT2D eigenvalue weighted by atomic mass is 35.5. The highest BCUT2D eigenvalue weighted by molar-refractivity contribution is 7.93. The van der Waals surface area contributed by atoms with Gasteiger partial charge in [0.05, 0.1) is 30.3 Å². The molecule has 0 aromatic rings. The molecule has 0 aromatic carbocycles. The fraction of sp³-hybridized carbons (Fsp3) is 1.00. The Kier molecular flexibility index (Phi) is 2.68. The Morgan fingerprint density at radius 2 is 2.00 bits per heavy atom. The maximum atomic E-state index is 10.9. The molecule has 0 atom stereocenters. The fourth-order valence-electron chi connectivity index (χ4n) is 1.69. The van der Waals surface area contributed by atoms with E-state index in [1.54, 1.807) is 0 Å². The lowest BCUT2D eigenvalue weighted by atomic mass is 10.0. The summed E-state index contributed by atoms with van der Waals surface area (Å²) in [4.78, 5) is 0. The first-order valence-electron chi connectivity index (χ1n) is 3.65. The van der Waals surface area contributed by atoms with Crippen LogP contribution in [-0.2, 0) is 14.6 Å². The molecule has 4 nitrogen and oxygen atoms in total. The molecule has 2 heterocycles. The summed E-state index contributed by atoms with van der Waals surface area (Å²) in [6.45, 7) is 2.02. The molecule has 0 aliphatic carbocycles. The number of hydrogen-bond donors (Lipinski definition) is 1. The summed E-state index contributed by atoms with van der Waals surface area (Å²) in [5.41, 5.74) is -0.225. The van der Waals surface area contributed by atoms with Crippen LogP contribution in [0.3, 0.4) is 0 Å². The van der Waals surface area contributed by atoms with Crippen molar-refractivity contribution in [3.63, 3.8) is 0 Å². The minimum atomic E-state index is -2.73. The van der Waals surface area contributed by atoms with Gasteiger partial charge in [-0.2, -0.15) is 0 Å². The topological polar surface area (TPSA) is 55.4 Å². The normalized spacial score (nSPS) is 30.3. The number of nitrogens with one attached hydrogen (secondary N) is 1. The van der Waals surface area contributed by atoms with E-state index in [-0.39, 0.29) is 29.5 Å². The van der Waals surface area contributed by atoms with E-state index in [9.17, 15) is 8.42 Å². The molecule has 0 bridgehead atoms. The molecule has 0 radical (unpaired) electrons. The molecule has 2 aliphatic heterocycles. The van der Waals surface area contributed by atoms with Crippen molar-refractivity contribution < 1.29 is 13.2 Å². The highest BCUT2D eigenvalue weighted by Crippen LogP contribution is 2.25. The van der Waals surface area contributed by atoms with Gasteiger partial charge in [0, 0.05) is 6.54 Å². The minimum absolute atomic E-state index is 0. The fourth-order valence-corrected chi connectivity index (χ4v) is 3.66. The molecule has 2 rings (SSSR count). The average molecular weight is 214 g/mol. The van der Waals surface area contributed by atoms with Crippen molar-refractivity contribution in [3.05, 3.63) is 0 Å². The Hall–Kier alpha value is 0.160. The van der Waals surface area contributed by atoms with E-state index in [0.717, 1.165) is 6.54 Å². The quantitative estimate of drug-likeness (QED) is 0.572. The first kappa shape index (κ1) is 10.2. The van der Waals surface area contributed by atoms with Gasteiger partial charge < -0.3 is 10.1 Å². The Morgan fingerprint density at radius 1 is 1.33 bits per heavy atom. The maximum absolute atomic E-state index is 10.9. The van der Waals surface area contributed by atoms with E-state index < -0.39 is 9.84 Å². The van der Waals surface area contributed by atoms with Gasteiger partial charge in [-0.05, 0) is 0 Å². The van der Waals surface area contributed by atoms with Crippen LogP contribution in [0.4, 0.5) is 0 Å². The van der Waals surface area contributed by atoms with Crippen LogP contribution in [0.5, 0.6) is 0 Å². The Bertz CT molecular complexity index is 244. The second-order valence-electron chi connectivity index (χ2n) is 3.29. The third kappa shape index (κ3) is 1.74. The number of halogens is 1. The smallest absolute Gasteiger partial charge is 0.154 e. The van der Waals surface area contributed by atoms with Crippen molar-refractivity contribution in [2.24, 2.45) is 0 Å². The van der Waals surface area contributed by atoms with Gasteiger partial charge >= 0.3 is 0 Å². The van der Waals surface area contributed by atoms with Gasteiger partial charge in [-0.25, -0.2) is 8.42 Å². The molecular weight excluding hydrogens is 202 g/mol. The number of ether oxygens (including phenoxy) is 1. The van der Waals surface area contributed by atoms with Crippen molar-refractivity contribution in [2.45, 2.75) is 5.54 Å². The molecule has 1 spiro atoms. The molecule has 1 N–H and O–H groups in total. The van der Waals surface area contributed by atoms with Crippen molar-refractivity contribution >= 4 is 22.2 Å². The van der Waals surface area contributed by atoms with E-state index in [4.69, 9.17) is 4.74 Å². The molecule has 0 aromatic heterocycles. The molecule has 2 fully saturated rings. The molecule has 0 unspecified atom stereocenters. The van der Waals surface area contributed by atoms with Crippen LogP contribution in [0.2, 0.25) is 0 Å². The monoisotopic (exact) mass is 213 g/mol. The first-order chi connectivity index (χ1) is 5.12. The summed E-state index contributed by atoms with van der Waals surface area (Å²) in [6.07, 6.45) is 0. The highest BCUT2D eigenvalue weighted by Gasteiger charge is 2.49. The van der Waals surface area contributed by atoms with Crippen LogP contribution in [0, 0.1) is 0 Å². The summed E-state index contributed by atoms with van der Waals surface area (Å²) in [5.74, 6) is 0.500. The molecule has 0 amide bonds. The molecular formula is C6H12ClNO3S. The predicted molar refractivity (Wildman–Crippen MR) is 47.5 cm³/mol. The number of morpholine rings is 1. The van der Waals surface area contributed by atoms with Crippen LogP contribution in [0.25, 0.3) is 0 Å². The molecule has 2 aliphatic rings. The molecule has 6 heteroatoms. The average Bonchev–Trinajstić information content (AvgIpc) is 1.85. The van der Waals surface area contributed by atoms with Gasteiger partial charge in [0.15, 0.2) is 9.84 Å². The Labute approximate surface area is 78.0 Å². The van der Waals surface area contributed by atoms with Crippen LogP contribution in [-0.4, -0.2) is 45.2 Å². The second kappa shape index (κ2) is 3.14. The standard InChI is InChI=1S/C6H11NO3S.ClH/c8-11(9)4-6(5-11)3-10-2-1-7-6;/h7H,1-5H2;1H. The lowest BCUT2D eigenvalue weighted by Gasteiger charge is -2.44. The van der Waals surface area contributed by atoms with Crippen LogP contribution in [0.15, 0.2) is 0 Å². The van der Waals surface area contributed by atoms with Gasteiger partial charge in [0.25, 0.3) is 0 Å². The lowest BCUT2D eigenvalue weighted by molar-refractivity contribution is 0.0401. The maximum Gasteiger partial charge on any atom is 0.154 e. The first-order valence-corrected chi connectivity index (χ1v) is 5.47. The minimum Gasteiger partial charge on any atom is -0.378 e. The van der Waals surface area contributed by atoms with Gasteiger partial charge in [-0.3, -0.25) is 0 Å². The third-order valence-electron chi connectivity index (χ3n) is 2.12. The summed E-state index contributed by atoms with van der Waals surface area (Å²) >= 11 is 0. The van der Waals surface area contributed by atoms with E-state index in [1.165, 1.54) is 0 Å². The molecule has 0 saturated carbocycles. The van der Waals surface area contributed by atoms with Gasteiger partial charge in [-0.15, -0.1) is 12.4 Å². The summed E-state index contributed by atoms with van der Waals surface area (Å²) in [5, 5.41) is 3.18. The summed E-state index contributed by atoms with van der Waals surface area (Å²) < 4.78 is 26.9. The van der Waals surface area contributed by atoms with E-state index >= 15 is 0 Å². The number of hydrogen-bond acceptors (Lipinski definition) is 4. The van der Waals surface area contributed by atoms with Crippen molar-refractivity contribution in [1.82, 2.24) is 5.32 Å². The van der Waals surface area contributed by atoms with Gasteiger partial charge in [-0.1, -0.05) is 0 Å². The third-order valence-corrected chi connectivity index (χ3v) is 4.10. The zero-order valence-corrected chi connectivity index (χ0v) is 8.21. The summed E-state index contributed by atoms with van der Waals surface area (Å²) in [6, 6.07) is 0. The molecule has 72 valence electrons. The van der Waals surface area contributed by atoms with Crippen molar-refractivity contribution in [2.75, 3.05) is 31.3 Å². The van der Waals surface area contributed by atoms with Crippen molar-refractivity contribution in [3.8, 4) is 0 Å². The van der Waals surface area contributed by atoms with Gasteiger partial charge in [0.2, 0.25) is 0 Å². The van der Waals surface area contributed by atoms with Crippen LogP contribution < -0.4 is 5.32 Å². The predicted octanol–water partition coefficient (Wildman–Crippen LogP) is -0.805. The second-order valence-corrected chi connectivity index (χ2v) is 5.36. The molecule has 2 saturated heterocycles. The zero-order chi connectivity index (χ0) is 7.95. The Balaban J connectivity index is 0.000000720. The number of rotatable bonds is 0. The van der Waals surface area contributed by atoms with E-state index in [1.807, 2.05) is 0 Å². The molecule has 12 heavy (non-hydrogen) atoms. The van der Waals surface area contributed by atoms with Crippen LogP contribution >= 0.6 is 12.4 Å². The number of sulfone groups is 1. The van der Waals surface area contributed by atoms with E-state index in [2.05, 4.69) is 5.32 Å². The SMILES string of the molecule is Cl.O=S1(=O)CC2(COCCN2)C1.